The molecule has 0 aliphatic carbocycles. The van der Waals surface area contributed by atoms with Crippen molar-refractivity contribution >= 4 is 38.8 Å². The van der Waals surface area contributed by atoms with Crippen molar-refractivity contribution in [3.8, 4) is 0 Å². The zero-order valence-corrected chi connectivity index (χ0v) is 20.9. The van der Waals surface area contributed by atoms with Crippen molar-refractivity contribution in [1.82, 2.24) is 19.5 Å². The van der Waals surface area contributed by atoms with Crippen LogP contribution in [0.25, 0.3) is 5.65 Å². The van der Waals surface area contributed by atoms with Crippen LogP contribution >= 0.6 is 0 Å². The zero-order valence-electron chi connectivity index (χ0n) is 20.1. The normalized spacial score (nSPS) is 16.5. The van der Waals surface area contributed by atoms with Crippen molar-refractivity contribution in [2.45, 2.75) is 32.2 Å². The van der Waals surface area contributed by atoms with Crippen LogP contribution in [0.1, 0.15) is 46.9 Å². The Labute approximate surface area is 204 Å². The van der Waals surface area contributed by atoms with Crippen molar-refractivity contribution in [1.29, 1.82) is 0 Å². The Hall–Kier alpha value is -3.38. The third kappa shape index (κ3) is 5.33. The predicted molar refractivity (Wildman–Crippen MR) is 135 cm³/mol. The number of amides is 1. The van der Waals surface area contributed by atoms with Crippen molar-refractivity contribution in [3.63, 3.8) is 0 Å². The highest BCUT2D eigenvalue weighted by Crippen LogP contribution is 2.34. The summed E-state index contributed by atoms with van der Waals surface area (Å²) in [5.74, 6) is 0.448. The fraction of sp³-hybridized carbons (Fsp3) is 0.435. The second-order valence-corrected chi connectivity index (χ2v) is 10.7. The first-order chi connectivity index (χ1) is 16.6. The quantitative estimate of drug-likeness (QED) is 0.415. The number of nitrogens with zero attached hydrogens (tertiary/aromatic N) is 5. The Balaban J connectivity index is 1.71. The van der Waals surface area contributed by atoms with Gasteiger partial charge < -0.3 is 20.6 Å². The maximum absolute atomic E-state index is 13.7. The van der Waals surface area contributed by atoms with Gasteiger partial charge in [-0.05, 0) is 44.4 Å². The summed E-state index contributed by atoms with van der Waals surface area (Å²) in [7, 11) is -1.71. The number of aliphatic hydroxyl groups excluding tert-OH is 1. The SMILES string of the molecule is Cc1cn2nc([C@@H]3CCCCN3C(=O)c3cc(N)ccc3NS(C)(=O)=O)cc2nc1N(C)CCO. The van der Waals surface area contributed by atoms with E-state index in [9.17, 15) is 18.3 Å². The number of benzene rings is 1. The van der Waals surface area contributed by atoms with E-state index in [1.165, 1.54) is 12.1 Å². The highest BCUT2D eigenvalue weighted by atomic mass is 32.2. The number of rotatable bonds is 7. The van der Waals surface area contributed by atoms with Gasteiger partial charge in [0.25, 0.3) is 5.91 Å². The lowest BCUT2D eigenvalue weighted by Gasteiger charge is -2.35. The number of piperidine rings is 1. The van der Waals surface area contributed by atoms with Gasteiger partial charge in [0, 0.05) is 43.7 Å². The number of fused-ring (bicyclic) bond motifs is 1. The Morgan fingerprint density at radius 2 is 2.09 bits per heavy atom. The number of aliphatic hydroxyl groups is 1. The van der Waals surface area contributed by atoms with Crippen LogP contribution in [0, 0.1) is 6.92 Å². The molecule has 1 atom stereocenters. The summed E-state index contributed by atoms with van der Waals surface area (Å²) in [5, 5.41) is 14.0. The summed E-state index contributed by atoms with van der Waals surface area (Å²) < 4.78 is 27.9. The van der Waals surface area contributed by atoms with Gasteiger partial charge in [-0.25, -0.2) is 17.9 Å². The molecule has 0 spiro atoms. The first kappa shape index (κ1) is 24.7. The van der Waals surface area contributed by atoms with Crippen molar-refractivity contribution in [2.24, 2.45) is 0 Å². The van der Waals surface area contributed by atoms with E-state index in [0.717, 1.165) is 36.9 Å². The molecule has 1 amide bonds. The average Bonchev–Trinajstić information content (AvgIpc) is 3.21. The van der Waals surface area contributed by atoms with E-state index in [1.807, 2.05) is 31.1 Å². The lowest BCUT2D eigenvalue weighted by atomic mass is 9.97. The van der Waals surface area contributed by atoms with E-state index in [-0.39, 0.29) is 29.8 Å². The van der Waals surface area contributed by atoms with Gasteiger partial charge >= 0.3 is 0 Å². The molecule has 4 N–H and O–H groups in total. The molecule has 1 saturated heterocycles. The molecular weight excluding hydrogens is 470 g/mol. The fourth-order valence-electron chi connectivity index (χ4n) is 4.49. The first-order valence-electron chi connectivity index (χ1n) is 11.4. The highest BCUT2D eigenvalue weighted by Gasteiger charge is 2.32. The number of nitrogens with one attached hydrogen (secondary N) is 1. The van der Waals surface area contributed by atoms with Crippen LogP contribution in [0.5, 0.6) is 0 Å². The summed E-state index contributed by atoms with van der Waals surface area (Å²) in [5.41, 5.74) is 8.98. The number of sulfonamides is 1. The largest absolute Gasteiger partial charge is 0.399 e. The number of anilines is 3. The maximum atomic E-state index is 13.7. The van der Waals surface area contributed by atoms with Gasteiger partial charge in [-0.3, -0.25) is 9.52 Å². The summed E-state index contributed by atoms with van der Waals surface area (Å²) in [6.07, 6.45) is 5.42. The molecule has 2 aromatic heterocycles. The van der Waals surface area contributed by atoms with E-state index in [1.54, 1.807) is 15.5 Å². The maximum Gasteiger partial charge on any atom is 0.256 e. The van der Waals surface area contributed by atoms with Gasteiger partial charge in [0.1, 0.15) is 5.82 Å². The number of nitrogen functional groups attached to an aromatic ring is 1. The number of hydrogen-bond donors (Lipinski definition) is 3. The molecule has 0 bridgehead atoms. The van der Waals surface area contributed by atoms with E-state index in [4.69, 9.17) is 15.8 Å². The number of hydrogen-bond acceptors (Lipinski definition) is 8. The molecule has 1 aromatic carbocycles. The molecule has 11 nitrogen and oxygen atoms in total. The molecular formula is C23H31N7O4S. The number of likely N-dealkylation sites (N-methyl/N-ethyl adjacent to an activating group) is 1. The molecule has 1 aliphatic rings. The predicted octanol–water partition coefficient (Wildman–Crippen LogP) is 1.79. The number of carbonyl (C=O) groups excluding carboxylic acids is 1. The van der Waals surface area contributed by atoms with E-state index >= 15 is 0 Å². The third-order valence-corrected chi connectivity index (χ3v) is 6.69. The molecule has 0 saturated carbocycles. The summed E-state index contributed by atoms with van der Waals surface area (Å²) in [6.45, 7) is 2.93. The molecule has 1 aliphatic heterocycles. The van der Waals surface area contributed by atoms with Crippen LogP contribution < -0.4 is 15.4 Å². The average molecular weight is 502 g/mol. The van der Waals surface area contributed by atoms with Crippen molar-refractivity contribution in [3.05, 3.63) is 47.3 Å². The van der Waals surface area contributed by atoms with Crippen LogP contribution in [0.4, 0.5) is 17.2 Å². The van der Waals surface area contributed by atoms with Crippen molar-refractivity contribution in [2.75, 3.05) is 48.4 Å². The Kier molecular flexibility index (Phi) is 6.86. The van der Waals surface area contributed by atoms with Crippen LogP contribution in [0.15, 0.2) is 30.5 Å². The smallest absolute Gasteiger partial charge is 0.256 e. The summed E-state index contributed by atoms with van der Waals surface area (Å²) >= 11 is 0. The fourth-order valence-corrected chi connectivity index (χ4v) is 5.07. The second-order valence-electron chi connectivity index (χ2n) is 8.95. The number of likely N-dealkylation sites (tertiary alicyclic amines) is 1. The summed E-state index contributed by atoms with van der Waals surface area (Å²) in [4.78, 5) is 22.0. The number of nitrogens with two attached hydrogens (primary N) is 1. The first-order valence-corrected chi connectivity index (χ1v) is 13.3. The second kappa shape index (κ2) is 9.70. The van der Waals surface area contributed by atoms with Gasteiger partial charge in [0.15, 0.2) is 5.65 Å². The molecule has 3 heterocycles. The molecule has 3 aromatic rings. The number of aryl methyl sites for hydroxylation is 1. The molecule has 188 valence electrons. The van der Waals surface area contributed by atoms with Gasteiger partial charge in [-0.2, -0.15) is 5.10 Å². The minimum absolute atomic E-state index is 0.0205. The molecule has 1 fully saturated rings. The minimum atomic E-state index is -3.58. The van der Waals surface area contributed by atoms with Gasteiger partial charge in [-0.15, -0.1) is 0 Å². The van der Waals surface area contributed by atoms with E-state index in [0.29, 0.717) is 30.1 Å². The van der Waals surface area contributed by atoms with Crippen LogP contribution in [0.3, 0.4) is 0 Å². The standard InChI is InChI=1S/C23H31N7O4S/c1-15-14-30-21(25-22(15)28(2)10-11-31)13-19(26-30)20-6-4-5-9-29(20)23(32)17-12-16(24)7-8-18(17)27-35(3,33)34/h7-8,12-14,20,27,31H,4-6,9-11,24H2,1-3H3/t20-/m0/s1. The van der Waals surface area contributed by atoms with Gasteiger partial charge in [-0.1, -0.05) is 0 Å². The zero-order chi connectivity index (χ0) is 25.3. The van der Waals surface area contributed by atoms with Crippen LogP contribution in [-0.2, 0) is 10.0 Å². The Morgan fingerprint density at radius 1 is 1.31 bits per heavy atom. The monoisotopic (exact) mass is 501 g/mol. The molecule has 4 rings (SSSR count). The van der Waals surface area contributed by atoms with E-state index in [2.05, 4.69) is 4.72 Å². The lowest BCUT2D eigenvalue weighted by Crippen LogP contribution is -2.39. The molecule has 0 unspecified atom stereocenters. The van der Waals surface area contributed by atoms with Crippen molar-refractivity contribution < 1.29 is 18.3 Å². The molecule has 35 heavy (non-hydrogen) atoms. The van der Waals surface area contributed by atoms with Crippen LogP contribution in [0.2, 0.25) is 0 Å². The topological polar surface area (TPSA) is 146 Å². The Morgan fingerprint density at radius 3 is 2.80 bits per heavy atom. The Bertz CT molecular complexity index is 1360. The minimum Gasteiger partial charge on any atom is -0.399 e. The van der Waals surface area contributed by atoms with Gasteiger partial charge in [0.05, 0.1) is 35.8 Å². The van der Waals surface area contributed by atoms with E-state index < -0.39 is 10.0 Å². The van der Waals surface area contributed by atoms with Gasteiger partial charge in [0.2, 0.25) is 10.0 Å². The lowest BCUT2D eigenvalue weighted by molar-refractivity contribution is 0.0607. The number of carbonyl (C=O) groups is 1. The molecule has 12 heteroatoms. The van der Waals surface area contributed by atoms with Crippen LogP contribution in [-0.4, -0.2) is 71.9 Å². The summed E-state index contributed by atoms with van der Waals surface area (Å²) in [6, 6.07) is 6.15. The highest BCUT2D eigenvalue weighted by molar-refractivity contribution is 7.92. The number of aromatic nitrogens is 3. The third-order valence-electron chi connectivity index (χ3n) is 6.10. The molecule has 0 radical (unpaired) electrons.